The zero-order chi connectivity index (χ0) is 11.5. The molecule has 0 saturated heterocycles. The largest absolute Gasteiger partial charge is 0.380 e. The molecular formula is C12H15N3O. The molecule has 0 radical (unpaired) electrons. The van der Waals surface area contributed by atoms with Crippen molar-refractivity contribution in [1.29, 1.82) is 0 Å². The van der Waals surface area contributed by atoms with E-state index in [0.29, 0.717) is 5.82 Å². The molecule has 0 aliphatic heterocycles. The van der Waals surface area contributed by atoms with Crippen molar-refractivity contribution >= 4 is 0 Å². The van der Waals surface area contributed by atoms with Gasteiger partial charge in [0.15, 0.2) is 0 Å². The average Bonchev–Trinajstić information content (AvgIpc) is 2.74. The summed E-state index contributed by atoms with van der Waals surface area (Å²) < 4.78 is 1.82. The summed E-state index contributed by atoms with van der Waals surface area (Å²) in [7, 11) is 1.87. The minimum Gasteiger partial charge on any atom is -0.380 e. The van der Waals surface area contributed by atoms with Gasteiger partial charge in [-0.2, -0.15) is 0 Å². The van der Waals surface area contributed by atoms with E-state index in [4.69, 9.17) is 0 Å². The molecule has 84 valence electrons. The van der Waals surface area contributed by atoms with Gasteiger partial charge in [-0.15, -0.1) is 0 Å². The number of pyridine rings is 1. The van der Waals surface area contributed by atoms with Gasteiger partial charge in [0.1, 0.15) is 11.9 Å². The van der Waals surface area contributed by atoms with Crippen LogP contribution in [0.15, 0.2) is 30.9 Å². The van der Waals surface area contributed by atoms with E-state index in [0.717, 1.165) is 17.5 Å². The summed E-state index contributed by atoms with van der Waals surface area (Å²) >= 11 is 0. The van der Waals surface area contributed by atoms with Gasteiger partial charge < -0.3 is 9.67 Å². The first-order chi connectivity index (χ1) is 7.74. The molecule has 1 unspecified atom stereocenters. The smallest absolute Gasteiger partial charge is 0.142 e. The van der Waals surface area contributed by atoms with Crippen molar-refractivity contribution in [2.24, 2.45) is 7.05 Å². The second-order valence-corrected chi connectivity index (χ2v) is 3.73. The van der Waals surface area contributed by atoms with Gasteiger partial charge in [0.25, 0.3) is 0 Å². The topological polar surface area (TPSA) is 50.9 Å². The van der Waals surface area contributed by atoms with Crippen LogP contribution >= 0.6 is 0 Å². The minimum absolute atomic E-state index is 0.654. The van der Waals surface area contributed by atoms with Crippen LogP contribution in [0.4, 0.5) is 0 Å². The molecule has 0 aliphatic carbocycles. The van der Waals surface area contributed by atoms with E-state index in [-0.39, 0.29) is 0 Å². The van der Waals surface area contributed by atoms with Gasteiger partial charge in [0.2, 0.25) is 0 Å². The highest BCUT2D eigenvalue weighted by Crippen LogP contribution is 2.22. The Morgan fingerprint density at radius 1 is 1.44 bits per heavy atom. The van der Waals surface area contributed by atoms with Gasteiger partial charge in [-0.1, -0.05) is 6.92 Å². The Labute approximate surface area is 94.6 Å². The number of aryl methyl sites for hydroxylation is 2. The summed E-state index contributed by atoms with van der Waals surface area (Å²) in [6, 6.07) is 1.85. The van der Waals surface area contributed by atoms with Crippen LogP contribution in [0.2, 0.25) is 0 Å². The maximum atomic E-state index is 10.3. The van der Waals surface area contributed by atoms with Crippen LogP contribution < -0.4 is 0 Å². The van der Waals surface area contributed by atoms with Crippen LogP contribution in [-0.4, -0.2) is 19.6 Å². The summed E-state index contributed by atoms with van der Waals surface area (Å²) in [6.07, 6.45) is 7.17. The second kappa shape index (κ2) is 4.45. The fourth-order valence-corrected chi connectivity index (χ4v) is 1.78. The molecule has 0 saturated carbocycles. The first-order valence-corrected chi connectivity index (χ1v) is 5.32. The van der Waals surface area contributed by atoms with E-state index in [1.54, 1.807) is 18.6 Å². The first-order valence-electron chi connectivity index (χ1n) is 5.32. The minimum atomic E-state index is -0.682. The Hall–Kier alpha value is -1.68. The zero-order valence-electron chi connectivity index (χ0n) is 9.46. The second-order valence-electron chi connectivity index (χ2n) is 3.73. The molecule has 0 spiro atoms. The predicted molar refractivity (Wildman–Crippen MR) is 60.9 cm³/mol. The van der Waals surface area contributed by atoms with E-state index in [2.05, 4.69) is 9.97 Å². The third kappa shape index (κ3) is 1.84. The number of aliphatic hydroxyl groups excluding tert-OH is 1. The average molecular weight is 217 g/mol. The maximum absolute atomic E-state index is 10.3. The summed E-state index contributed by atoms with van der Waals surface area (Å²) in [4.78, 5) is 8.22. The van der Waals surface area contributed by atoms with Gasteiger partial charge in [0, 0.05) is 31.8 Å². The normalized spacial score (nSPS) is 12.7. The highest BCUT2D eigenvalue weighted by molar-refractivity contribution is 5.29. The SMILES string of the molecule is CCc1cnccc1C(O)c1nccn1C. The molecule has 4 heteroatoms. The molecule has 0 amide bonds. The highest BCUT2D eigenvalue weighted by Gasteiger charge is 2.17. The van der Waals surface area contributed by atoms with Gasteiger partial charge in [-0.25, -0.2) is 4.98 Å². The van der Waals surface area contributed by atoms with Crippen molar-refractivity contribution in [2.45, 2.75) is 19.4 Å². The summed E-state index contributed by atoms with van der Waals surface area (Å²) in [6.45, 7) is 2.05. The Bertz CT molecular complexity index is 479. The molecule has 2 rings (SSSR count). The summed E-state index contributed by atoms with van der Waals surface area (Å²) in [5, 5.41) is 10.3. The maximum Gasteiger partial charge on any atom is 0.142 e. The number of rotatable bonds is 3. The molecule has 2 aromatic heterocycles. The van der Waals surface area contributed by atoms with E-state index in [9.17, 15) is 5.11 Å². The molecule has 0 bridgehead atoms. The molecule has 0 fully saturated rings. The number of imidazole rings is 1. The third-order valence-corrected chi connectivity index (χ3v) is 2.72. The number of hydrogen-bond donors (Lipinski definition) is 1. The number of hydrogen-bond acceptors (Lipinski definition) is 3. The molecule has 0 aromatic carbocycles. The van der Waals surface area contributed by atoms with Crippen LogP contribution in [0, 0.1) is 0 Å². The van der Waals surface area contributed by atoms with Gasteiger partial charge in [0.05, 0.1) is 0 Å². The van der Waals surface area contributed by atoms with Gasteiger partial charge in [-0.05, 0) is 23.6 Å². The lowest BCUT2D eigenvalue weighted by Gasteiger charge is -2.14. The van der Waals surface area contributed by atoms with E-state index in [1.165, 1.54) is 0 Å². The standard InChI is InChI=1S/C12H15N3O/c1-3-9-8-13-5-4-10(9)11(16)12-14-6-7-15(12)2/h4-8,11,16H,3H2,1-2H3. The lowest BCUT2D eigenvalue weighted by Crippen LogP contribution is -2.09. The third-order valence-electron chi connectivity index (χ3n) is 2.72. The molecule has 0 aliphatic rings. The van der Waals surface area contributed by atoms with E-state index >= 15 is 0 Å². The highest BCUT2D eigenvalue weighted by atomic mass is 16.3. The number of aromatic nitrogens is 3. The van der Waals surface area contributed by atoms with Crippen molar-refractivity contribution in [2.75, 3.05) is 0 Å². The first kappa shape index (κ1) is 10.8. The fourth-order valence-electron chi connectivity index (χ4n) is 1.78. The lowest BCUT2D eigenvalue weighted by molar-refractivity contribution is 0.205. The van der Waals surface area contributed by atoms with Crippen LogP contribution in [0.5, 0.6) is 0 Å². The van der Waals surface area contributed by atoms with Crippen LogP contribution in [-0.2, 0) is 13.5 Å². The van der Waals surface area contributed by atoms with E-state index < -0.39 is 6.10 Å². The van der Waals surface area contributed by atoms with Crippen molar-refractivity contribution in [3.63, 3.8) is 0 Å². The van der Waals surface area contributed by atoms with Crippen LogP contribution in [0.25, 0.3) is 0 Å². The summed E-state index contributed by atoms with van der Waals surface area (Å²) in [5.74, 6) is 0.654. The predicted octanol–water partition coefficient (Wildman–Crippen LogP) is 1.46. The van der Waals surface area contributed by atoms with Crippen LogP contribution in [0.1, 0.15) is 30.0 Å². The Balaban J connectivity index is 2.41. The molecule has 2 aromatic rings. The Morgan fingerprint density at radius 3 is 2.88 bits per heavy atom. The van der Waals surface area contributed by atoms with Gasteiger partial charge >= 0.3 is 0 Å². The van der Waals surface area contributed by atoms with Crippen molar-refractivity contribution < 1.29 is 5.11 Å². The lowest BCUT2D eigenvalue weighted by atomic mass is 10.0. The fraction of sp³-hybridized carbons (Fsp3) is 0.333. The molecular weight excluding hydrogens is 202 g/mol. The zero-order valence-corrected chi connectivity index (χ0v) is 9.46. The Morgan fingerprint density at radius 2 is 2.25 bits per heavy atom. The molecule has 4 nitrogen and oxygen atoms in total. The monoisotopic (exact) mass is 217 g/mol. The summed E-state index contributed by atoms with van der Waals surface area (Å²) in [5.41, 5.74) is 1.94. The van der Waals surface area contributed by atoms with Crippen molar-refractivity contribution in [3.05, 3.63) is 47.8 Å². The molecule has 2 heterocycles. The number of nitrogens with zero attached hydrogens (tertiary/aromatic N) is 3. The van der Waals surface area contributed by atoms with Crippen molar-refractivity contribution in [1.82, 2.24) is 14.5 Å². The van der Waals surface area contributed by atoms with Crippen molar-refractivity contribution in [3.8, 4) is 0 Å². The van der Waals surface area contributed by atoms with E-state index in [1.807, 2.05) is 30.8 Å². The molecule has 16 heavy (non-hydrogen) atoms. The van der Waals surface area contributed by atoms with Crippen LogP contribution in [0.3, 0.4) is 0 Å². The number of aliphatic hydroxyl groups is 1. The quantitative estimate of drug-likeness (QED) is 0.846. The Kier molecular flexibility index (Phi) is 3.01. The van der Waals surface area contributed by atoms with Gasteiger partial charge in [-0.3, -0.25) is 4.98 Å². The molecule has 1 N–H and O–H groups in total. The molecule has 1 atom stereocenters.